The summed E-state index contributed by atoms with van der Waals surface area (Å²) in [5.41, 5.74) is 5.01. The van der Waals surface area contributed by atoms with Crippen LogP contribution in [0.3, 0.4) is 0 Å². The Morgan fingerprint density at radius 2 is 2.50 bits per heavy atom. The zero-order valence-corrected chi connectivity index (χ0v) is 4.92. The fourth-order valence-corrected chi connectivity index (χ4v) is 0.876. The summed E-state index contributed by atoms with van der Waals surface area (Å²) in [6.07, 6.45) is 0.936. The summed E-state index contributed by atoms with van der Waals surface area (Å²) in [5, 5.41) is 0. The Hall–Kier alpha value is -0.570. The molecule has 1 atom stereocenters. The van der Waals surface area contributed by atoms with Crippen LogP contribution in [0.25, 0.3) is 0 Å². The van der Waals surface area contributed by atoms with Crippen molar-refractivity contribution in [2.24, 2.45) is 5.73 Å². The Kier molecular flexibility index (Phi) is 1.21. The van der Waals surface area contributed by atoms with Gasteiger partial charge in [0, 0.05) is 6.54 Å². The highest BCUT2D eigenvalue weighted by Crippen LogP contribution is 2.12. The van der Waals surface area contributed by atoms with Crippen LogP contribution in [-0.4, -0.2) is 30.4 Å². The third-order valence-corrected chi connectivity index (χ3v) is 1.62. The maximum atomic E-state index is 10.4. The van der Waals surface area contributed by atoms with E-state index in [0.29, 0.717) is 0 Å². The number of amides is 1. The highest BCUT2D eigenvalue weighted by atomic mass is 16.1. The molecule has 0 unspecified atom stereocenters. The van der Waals surface area contributed by atoms with Gasteiger partial charge in [-0.1, -0.05) is 0 Å². The minimum absolute atomic E-state index is 0.0231. The van der Waals surface area contributed by atoms with E-state index in [2.05, 4.69) is 0 Å². The maximum Gasteiger partial charge on any atom is 0.234 e. The van der Waals surface area contributed by atoms with Crippen LogP contribution >= 0.6 is 0 Å². The van der Waals surface area contributed by atoms with E-state index in [0.717, 1.165) is 13.0 Å². The molecule has 0 spiro atoms. The first-order valence-corrected chi connectivity index (χ1v) is 2.71. The Labute approximate surface area is 48.5 Å². The average molecular weight is 114 g/mol. The van der Waals surface area contributed by atoms with Crippen LogP contribution in [0.2, 0.25) is 0 Å². The van der Waals surface area contributed by atoms with E-state index < -0.39 is 0 Å². The maximum absolute atomic E-state index is 10.4. The number of likely N-dealkylation sites (tertiary alicyclic amines) is 1. The number of hydrogen-bond acceptors (Lipinski definition) is 2. The van der Waals surface area contributed by atoms with E-state index in [-0.39, 0.29) is 11.9 Å². The molecular weight excluding hydrogens is 104 g/mol. The molecule has 0 aliphatic carbocycles. The van der Waals surface area contributed by atoms with Crippen molar-refractivity contribution >= 4 is 5.91 Å². The van der Waals surface area contributed by atoms with Crippen LogP contribution in [-0.2, 0) is 4.79 Å². The molecule has 1 fully saturated rings. The molecule has 1 rings (SSSR count). The molecule has 0 aromatic rings. The molecule has 0 aromatic carbocycles. The van der Waals surface area contributed by atoms with Gasteiger partial charge in [-0.3, -0.25) is 9.69 Å². The first-order valence-electron chi connectivity index (χ1n) is 2.71. The van der Waals surface area contributed by atoms with E-state index in [1.807, 2.05) is 11.9 Å². The van der Waals surface area contributed by atoms with Crippen molar-refractivity contribution in [3.63, 3.8) is 0 Å². The summed E-state index contributed by atoms with van der Waals surface area (Å²) in [4.78, 5) is 12.3. The number of rotatable bonds is 1. The minimum atomic E-state index is -0.196. The zero-order valence-electron chi connectivity index (χ0n) is 4.92. The van der Waals surface area contributed by atoms with Gasteiger partial charge in [0.15, 0.2) is 0 Å². The van der Waals surface area contributed by atoms with E-state index in [9.17, 15) is 4.79 Å². The molecule has 1 aliphatic heterocycles. The highest BCUT2D eigenvalue weighted by molar-refractivity contribution is 5.80. The van der Waals surface area contributed by atoms with Gasteiger partial charge in [-0.05, 0) is 13.5 Å². The third kappa shape index (κ3) is 0.690. The van der Waals surface area contributed by atoms with Crippen LogP contribution in [0.15, 0.2) is 0 Å². The molecule has 3 heteroatoms. The van der Waals surface area contributed by atoms with E-state index in [4.69, 9.17) is 5.73 Å². The van der Waals surface area contributed by atoms with Gasteiger partial charge in [0.25, 0.3) is 0 Å². The molecule has 0 saturated carbocycles. The smallest absolute Gasteiger partial charge is 0.234 e. The van der Waals surface area contributed by atoms with E-state index >= 15 is 0 Å². The predicted octanol–water partition coefficient (Wildman–Crippen LogP) is -0.824. The van der Waals surface area contributed by atoms with Crippen molar-refractivity contribution in [3.05, 3.63) is 0 Å². The normalized spacial score (nSPS) is 29.4. The highest BCUT2D eigenvalue weighted by Gasteiger charge is 2.28. The summed E-state index contributed by atoms with van der Waals surface area (Å²) < 4.78 is 0. The largest absolute Gasteiger partial charge is 0.368 e. The van der Waals surface area contributed by atoms with Crippen molar-refractivity contribution in [2.45, 2.75) is 12.5 Å². The van der Waals surface area contributed by atoms with Crippen LogP contribution in [0, 0.1) is 0 Å². The molecule has 8 heavy (non-hydrogen) atoms. The van der Waals surface area contributed by atoms with Crippen LogP contribution in [0.4, 0.5) is 0 Å². The fourth-order valence-electron chi connectivity index (χ4n) is 0.876. The Morgan fingerprint density at radius 1 is 1.88 bits per heavy atom. The monoisotopic (exact) mass is 114 g/mol. The molecule has 1 aliphatic rings. The van der Waals surface area contributed by atoms with Crippen molar-refractivity contribution in [1.82, 2.24) is 4.90 Å². The molecular formula is C5H10N2O. The van der Waals surface area contributed by atoms with Crippen LogP contribution in [0.5, 0.6) is 0 Å². The van der Waals surface area contributed by atoms with Gasteiger partial charge in [-0.25, -0.2) is 0 Å². The second-order valence-electron chi connectivity index (χ2n) is 2.19. The van der Waals surface area contributed by atoms with Crippen molar-refractivity contribution in [2.75, 3.05) is 13.6 Å². The first-order chi connectivity index (χ1) is 3.72. The molecule has 3 nitrogen and oxygen atoms in total. The number of nitrogens with two attached hydrogens (primary N) is 1. The number of carbonyl (C=O) groups excluding carboxylic acids is 1. The fraction of sp³-hybridized carbons (Fsp3) is 0.800. The molecule has 46 valence electrons. The lowest BCUT2D eigenvalue weighted by Gasteiger charge is -2.34. The summed E-state index contributed by atoms with van der Waals surface area (Å²) in [6.45, 7) is 1.01. The van der Waals surface area contributed by atoms with Crippen LogP contribution in [0.1, 0.15) is 6.42 Å². The number of primary amides is 1. The van der Waals surface area contributed by atoms with Crippen molar-refractivity contribution in [1.29, 1.82) is 0 Å². The summed E-state index contributed by atoms with van der Waals surface area (Å²) in [7, 11) is 1.90. The number of carbonyl (C=O) groups is 1. The Balaban J connectivity index is 2.37. The van der Waals surface area contributed by atoms with Gasteiger partial charge in [0.05, 0.1) is 6.04 Å². The summed E-state index contributed by atoms with van der Waals surface area (Å²) in [6, 6.07) is 0.0231. The van der Waals surface area contributed by atoms with Crippen LogP contribution < -0.4 is 5.73 Å². The molecule has 2 N–H and O–H groups in total. The molecule has 0 bridgehead atoms. The lowest BCUT2D eigenvalue weighted by Crippen LogP contribution is -2.52. The van der Waals surface area contributed by atoms with Gasteiger partial charge >= 0.3 is 0 Å². The SMILES string of the molecule is CN1CC[C@@H]1C(N)=O. The predicted molar refractivity (Wildman–Crippen MR) is 30.2 cm³/mol. The van der Waals surface area contributed by atoms with Crippen molar-refractivity contribution in [3.8, 4) is 0 Å². The second-order valence-corrected chi connectivity index (χ2v) is 2.19. The van der Waals surface area contributed by atoms with E-state index in [1.54, 1.807) is 0 Å². The molecule has 1 saturated heterocycles. The van der Waals surface area contributed by atoms with Crippen molar-refractivity contribution < 1.29 is 4.79 Å². The molecule has 0 radical (unpaired) electrons. The quantitative estimate of drug-likeness (QED) is 0.484. The molecule has 1 heterocycles. The van der Waals surface area contributed by atoms with Gasteiger partial charge in [0.1, 0.15) is 0 Å². The third-order valence-electron chi connectivity index (χ3n) is 1.62. The summed E-state index contributed by atoms with van der Waals surface area (Å²) in [5.74, 6) is -0.196. The van der Waals surface area contributed by atoms with Gasteiger partial charge in [0.2, 0.25) is 5.91 Å². The molecule has 0 aromatic heterocycles. The topological polar surface area (TPSA) is 46.3 Å². The molecule has 1 amide bonds. The number of nitrogens with zero attached hydrogens (tertiary/aromatic N) is 1. The van der Waals surface area contributed by atoms with Gasteiger partial charge in [-0.15, -0.1) is 0 Å². The number of likely N-dealkylation sites (N-methyl/N-ethyl adjacent to an activating group) is 1. The standard InChI is InChI=1S/C5H10N2O/c1-7-3-2-4(7)5(6)8/h4H,2-3H2,1H3,(H2,6,8)/t4-/m1/s1. The second kappa shape index (κ2) is 1.74. The summed E-state index contributed by atoms with van der Waals surface area (Å²) >= 11 is 0. The van der Waals surface area contributed by atoms with Gasteiger partial charge < -0.3 is 5.73 Å². The lowest BCUT2D eigenvalue weighted by molar-refractivity contribution is -0.126. The Morgan fingerprint density at radius 3 is 2.50 bits per heavy atom. The Bertz CT molecular complexity index is 113. The van der Waals surface area contributed by atoms with Gasteiger partial charge in [-0.2, -0.15) is 0 Å². The first kappa shape index (κ1) is 5.56. The zero-order chi connectivity index (χ0) is 6.15. The number of hydrogen-bond donors (Lipinski definition) is 1. The average Bonchev–Trinajstić information content (AvgIpc) is 1.61. The minimum Gasteiger partial charge on any atom is -0.368 e. The lowest BCUT2D eigenvalue weighted by atomic mass is 10.0. The van der Waals surface area contributed by atoms with E-state index in [1.165, 1.54) is 0 Å².